The second-order valence-corrected chi connectivity index (χ2v) is 5.74. The Kier molecular flexibility index (Phi) is 8.58. The number of likely N-dealkylation sites (N-methyl/N-ethyl adjacent to an activating group) is 1. The fraction of sp³-hybridized carbons (Fsp3) is 0.667. The molecule has 0 saturated heterocycles. The first-order valence-corrected chi connectivity index (χ1v) is 8.15. The number of rotatable bonds is 10. The highest BCUT2D eigenvalue weighted by Crippen LogP contribution is 2.21. The maximum Gasteiger partial charge on any atom is 0.0589 e. The lowest BCUT2D eigenvalue weighted by molar-refractivity contribution is 0.129. The van der Waals surface area contributed by atoms with Crippen LogP contribution in [0.25, 0.3) is 0 Å². The van der Waals surface area contributed by atoms with E-state index in [9.17, 15) is 0 Å². The molecule has 0 fully saturated rings. The van der Waals surface area contributed by atoms with Crippen LogP contribution >= 0.6 is 0 Å². The molecule has 0 spiro atoms. The van der Waals surface area contributed by atoms with Crippen molar-refractivity contribution in [2.75, 3.05) is 33.9 Å². The molecule has 1 rings (SSSR count). The third-order valence-corrected chi connectivity index (χ3v) is 4.19. The molecule has 1 aromatic carbocycles. The van der Waals surface area contributed by atoms with Gasteiger partial charge in [0.15, 0.2) is 0 Å². The van der Waals surface area contributed by atoms with Crippen LogP contribution in [0.1, 0.15) is 44.4 Å². The molecule has 1 N–H and O–H groups in total. The quantitative estimate of drug-likeness (QED) is 0.716. The third-order valence-electron chi connectivity index (χ3n) is 4.19. The molecule has 0 amide bonds. The van der Waals surface area contributed by atoms with Crippen LogP contribution in [0.4, 0.5) is 0 Å². The zero-order chi connectivity index (χ0) is 15.7. The summed E-state index contributed by atoms with van der Waals surface area (Å²) in [6.45, 7) is 9.47. The monoisotopic (exact) mass is 292 g/mol. The standard InChI is InChI=1S/C18H32N2O/c1-6-12-19-18(15(3)20(4)13-14-21-5)17-10-8-16(7-2)9-11-17/h8-11,15,18-19H,6-7,12-14H2,1-5H3. The van der Waals surface area contributed by atoms with E-state index in [0.29, 0.717) is 12.1 Å². The molecule has 0 aliphatic heterocycles. The number of hydrogen-bond donors (Lipinski definition) is 1. The van der Waals surface area contributed by atoms with E-state index in [2.05, 4.69) is 62.3 Å². The largest absolute Gasteiger partial charge is 0.383 e. The summed E-state index contributed by atoms with van der Waals surface area (Å²) in [7, 11) is 3.93. The molecule has 0 bridgehead atoms. The van der Waals surface area contributed by atoms with Gasteiger partial charge in [0.25, 0.3) is 0 Å². The first-order chi connectivity index (χ1) is 10.1. The molecule has 0 aliphatic carbocycles. The van der Waals surface area contributed by atoms with Gasteiger partial charge >= 0.3 is 0 Å². The Balaban J connectivity index is 2.81. The van der Waals surface area contributed by atoms with E-state index in [1.807, 2.05) is 0 Å². The number of aryl methyl sites for hydroxylation is 1. The molecule has 120 valence electrons. The minimum absolute atomic E-state index is 0.359. The van der Waals surface area contributed by atoms with E-state index >= 15 is 0 Å². The minimum atomic E-state index is 0.359. The summed E-state index contributed by atoms with van der Waals surface area (Å²) in [5, 5.41) is 3.70. The average Bonchev–Trinajstić information content (AvgIpc) is 2.53. The molecule has 3 heteroatoms. The maximum absolute atomic E-state index is 5.20. The molecule has 1 aromatic rings. The second-order valence-electron chi connectivity index (χ2n) is 5.74. The van der Waals surface area contributed by atoms with Crippen molar-refractivity contribution in [2.24, 2.45) is 0 Å². The number of nitrogens with zero attached hydrogens (tertiary/aromatic N) is 1. The van der Waals surface area contributed by atoms with Crippen LogP contribution in [0.3, 0.4) is 0 Å². The van der Waals surface area contributed by atoms with Gasteiger partial charge in [0, 0.05) is 25.7 Å². The molecule has 0 radical (unpaired) electrons. The van der Waals surface area contributed by atoms with Crippen molar-refractivity contribution < 1.29 is 4.74 Å². The topological polar surface area (TPSA) is 24.5 Å². The van der Waals surface area contributed by atoms with Gasteiger partial charge in [0.05, 0.1) is 6.61 Å². The summed E-state index contributed by atoms with van der Waals surface area (Å²) >= 11 is 0. The molecule has 0 aromatic heterocycles. The van der Waals surface area contributed by atoms with E-state index in [0.717, 1.165) is 32.5 Å². The average molecular weight is 292 g/mol. The van der Waals surface area contributed by atoms with Crippen molar-refractivity contribution in [3.05, 3.63) is 35.4 Å². The zero-order valence-electron chi connectivity index (χ0n) is 14.4. The highest BCUT2D eigenvalue weighted by Gasteiger charge is 2.22. The van der Waals surface area contributed by atoms with Crippen LogP contribution in [-0.4, -0.2) is 44.8 Å². The van der Waals surface area contributed by atoms with E-state index in [1.54, 1.807) is 7.11 Å². The van der Waals surface area contributed by atoms with Crippen LogP contribution in [0.15, 0.2) is 24.3 Å². The van der Waals surface area contributed by atoms with Gasteiger partial charge in [-0.3, -0.25) is 4.90 Å². The lowest BCUT2D eigenvalue weighted by Crippen LogP contribution is -2.42. The van der Waals surface area contributed by atoms with Gasteiger partial charge in [-0.25, -0.2) is 0 Å². The van der Waals surface area contributed by atoms with Gasteiger partial charge < -0.3 is 10.1 Å². The summed E-state index contributed by atoms with van der Waals surface area (Å²) in [4.78, 5) is 2.37. The summed E-state index contributed by atoms with van der Waals surface area (Å²) in [5.74, 6) is 0. The summed E-state index contributed by atoms with van der Waals surface area (Å²) in [6, 6.07) is 9.83. The van der Waals surface area contributed by atoms with Crippen LogP contribution < -0.4 is 5.32 Å². The number of nitrogens with one attached hydrogen (secondary N) is 1. The van der Waals surface area contributed by atoms with Gasteiger partial charge in [-0.2, -0.15) is 0 Å². The van der Waals surface area contributed by atoms with Crippen molar-refractivity contribution in [3.63, 3.8) is 0 Å². The lowest BCUT2D eigenvalue weighted by atomic mass is 9.97. The Morgan fingerprint density at radius 1 is 1.19 bits per heavy atom. The first kappa shape index (κ1) is 18.1. The predicted molar refractivity (Wildman–Crippen MR) is 90.8 cm³/mol. The molecule has 0 heterocycles. The predicted octanol–water partition coefficient (Wildman–Crippen LogP) is 3.26. The fourth-order valence-electron chi connectivity index (χ4n) is 2.52. The van der Waals surface area contributed by atoms with E-state index < -0.39 is 0 Å². The Bertz CT molecular complexity index is 377. The van der Waals surface area contributed by atoms with Crippen molar-refractivity contribution in [2.45, 2.75) is 45.7 Å². The van der Waals surface area contributed by atoms with E-state index in [1.165, 1.54) is 11.1 Å². The van der Waals surface area contributed by atoms with Crippen LogP contribution in [0, 0.1) is 0 Å². The van der Waals surface area contributed by atoms with Crippen LogP contribution in [0.5, 0.6) is 0 Å². The number of benzene rings is 1. The molecular formula is C18H32N2O. The van der Waals surface area contributed by atoms with Crippen LogP contribution in [0.2, 0.25) is 0 Å². The summed E-state index contributed by atoms with van der Waals surface area (Å²) in [5.41, 5.74) is 2.77. The maximum atomic E-state index is 5.20. The van der Waals surface area contributed by atoms with Crippen molar-refractivity contribution >= 4 is 0 Å². The van der Waals surface area contributed by atoms with Crippen LogP contribution in [-0.2, 0) is 11.2 Å². The van der Waals surface area contributed by atoms with Gasteiger partial charge in [0.2, 0.25) is 0 Å². The molecular weight excluding hydrogens is 260 g/mol. The zero-order valence-corrected chi connectivity index (χ0v) is 14.4. The minimum Gasteiger partial charge on any atom is -0.383 e. The second kappa shape index (κ2) is 9.93. The van der Waals surface area contributed by atoms with Gasteiger partial charge in [0.1, 0.15) is 0 Å². The molecule has 0 aliphatic rings. The lowest BCUT2D eigenvalue weighted by Gasteiger charge is -2.33. The molecule has 2 unspecified atom stereocenters. The number of ether oxygens (including phenoxy) is 1. The Hall–Kier alpha value is -0.900. The Morgan fingerprint density at radius 3 is 2.38 bits per heavy atom. The number of hydrogen-bond acceptors (Lipinski definition) is 3. The third kappa shape index (κ3) is 5.77. The van der Waals surface area contributed by atoms with Gasteiger partial charge in [-0.1, -0.05) is 38.1 Å². The smallest absolute Gasteiger partial charge is 0.0589 e. The Labute approximate surface area is 130 Å². The van der Waals surface area contributed by atoms with E-state index in [4.69, 9.17) is 4.74 Å². The molecule has 2 atom stereocenters. The Morgan fingerprint density at radius 2 is 1.86 bits per heavy atom. The normalized spacial score (nSPS) is 14.4. The number of methoxy groups -OCH3 is 1. The van der Waals surface area contributed by atoms with Gasteiger partial charge in [-0.15, -0.1) is 0 Å². The van der Waals surface area contributed by atoms with Crippen molar-refractivity contribution in [3.8, 4) is 0 Å². The summed E-state index contributed by atoms with van der Waals surface area (Å²) < 4.78 is 5.20. The van der Waals surface area contributed by atoms with Crippen molar-refractivity contribution in [1.29, 1.82) is 0 Å². The molecule has 21 heavy (non-hydrogen) atoms. The summed E-state index contributed by atoms with van der Waals surface area (Å²) in [6.07, 6.45) is 2.24. The SMILES string of the molecule is CCCNC(c1ccc(CC)cc1)C(C)N(C)CCOC. The molecule has 0 saturated carbocycles. The highest BCUT2D eigenvalue weighted by molar-refractivity contribution is 5.26. The van der Waals surface area contributed by atoms with E-state index in [-0.39, 0.29) is 0 Å². The molecule has 3 nitrogen and oxygen atoms in total. The van der Waals surface area contributed by atoms with Crippen molar-refractivity contribution in [1.82, 2.24) is 10.2 Å². The fourth-order valence-corrected chi connectivity index (χ4v) is 2.52. The highest BCUT2D eigenvalue weighted by atomic mass is 16.5. The van der Waals surface area contributed by atoms with Gasteiger partial charge in [-0.05, 0) is 44.5 Å². The first-order valence-electron chi connectivity index (χ1n) is 8.15.